The second kappa shape index (κ2) is 6.64. The van der Waals surface area contributed by atoms with Crippen molar-refractivity contribution in [2.75, 3.05) is 6.54 Å². The van der Waals surface area contributed by atoms with Crippen molar-refractivity contribution in [1.29, 1.82) is 0 Å². The maximum atomic E-state index is 12.1. The molecule has 8 heteroatoms. The molecule has 0 saturated carbocycles. The van der Waals surface area contributed by atoms with Crippen LogP contribution in [0, 0.1) is 0 Å². The molecule has 0 aromatic heterocycles. The van der Waals surface area contributed by atoms with E-state index in [1.54, 1.807) is 41.5 Å². The molecule has 1 heterocycles. The van der Waals surface area contributed by atoms with Crippen molar-refractivity contribution in [3.63, 3.8) is 0 Å². The van der Waals surface area contributed by atoms with Gasteiger partial charge in [-0.05, 0) is 41.5 Å². The summed E-state index contributed by atoms with van der Waals surface area (Å²) in [5.74, 6) is -1.13. The summed E-state index contributed by atoms with van der Waals surface area (Å²) in [5.41, 5.74) is -1.38. The SMILES string of the molecule is CC(C)(C)OC(=O)NC1C[C@@H](C(=O)O)N(C(=O)OC(C)(C)C)C1. The van der Waals surface area contributed by atoms with Crippen LogP contribution in [0.4, 0.5) is 9.59 Å². The summed E-state index contributed by atoms with van der Waals surface area (Å²) in [5, 5.41) is 11.9. The molecule has 2 amide bonds. The summed E-state index contributed by atoms with van der Waals surface area (Å²) in [7, 11) is 0. The van der Waals surface area contributed by atoms with Gasteiger partial charge in [-0.1, -0.05) is 0 Å². The highest BCUT2D eigenvalue weighted by molar-refractivity contribution is 5.81. The minimum atomic E-state index is -1.13. The summed E-state index contributed by atoms with van der Waals surface area (Å²) < 4.78 is 10.4. The van der Waals surface area contributed by atoms with Gasteiger partial charge in [-0.3, -0.25) is 4.90 Å². The van der Waals surface area contributed by atoms with Gasteiger partial charge in [0.05, 0.1) is 6.04 Å². The lowest BCUT2D eigenvalue weighted by Crippen LogP contribution is -2.44. The molecule has 23 heavy (non-hydrogen) atoms. The van der Waals surface area contributed by atoms with Crippen LogP contribution >= 0.6 is 0 Å². The van der Waals surface area contributed by atoms with Crippen molar-refractivity contribution >= 4 is 18.2 Å². The van der Waals surface area contributed by atoms with Gasteiger partial charge >= 0.3 is 18.2 Å². The number of likely N-dealkylation sites (tertiary alicyclic amines) is 1. The van der Waals surface area contributed by atoms with Crippen LogP contribution in [0.3, 0.4) is 0 Å². The molecule has 132 valence electrons. The largest absolute Gasteiger partial charge is 0.480 e. The molecule has 0 aromatic carbocycles. The fourth-order valence-electron chi connectivity index (χ4n) is 2.17. The lowest BCUT2D eigenvalue weighted by atomic mass is 10.2. The topological polar surface area (TPSA) is 105 Å². The molecular formula is C15H26N2O6. The van der Waals surface area contributed by atoms with Crippen LogP contribution in [-0.4, -0.2) is 58.0 Å². The van der Waals surface area contributed by atoms with E-state index >= 15 is 0 Å². The van der Waals surface area contributed by atoms with Gasteiger partial charge in [0.2, 0.25) is 0 Å². The maximum absolute atomic E-state index is 12.1. The molecule has 1 saturated heterocycles. The Morgan fingerprint density at radius 2 is 1.57 bits per heavy atom. The number of carbonyl (C=O) groups is 3. The Morgan fingerprint density at radius 1 is 1.04 bits per heavy atom. The van der Waals surface area contributed by atoms with E-state index in [-0.39, 0.29) is 13.0 Å². The number of nitrogens with zero attached hydrogens (tertiary/aromatic N) is 1. The first kappa shape index (κ1) is 19.1. The minimum absolute atomic E-state index is 0.0606. The smallest absolute Gasteiger partial charge is 0.411 e. The lowest BCUT2D eigenvalue weighted by molar-refractivity contribution is -0.142. The highest BCUT2D eigenvalue weighted by Crippen LogP contribution is 2.22. The van der Waals surface area contributed by atoms with E-state index in [2.05, 4.69) is 5.32 Å². The number of carbonyl (C=O) groups excluding carboxylic acids is 2. The van der Waals surface area contributed by atoms with Gasteiger partial charge < -0.3 is 19.9 Å². The number of carboxylic acid groups (broad SMARTS) is 1. The number of nitrogens with one attached hydrogen (secondary N) is 1. The Morgan fingerprint density at radius 3 is 2.00 bits per heavy atom. The normalized spacial score (nSPS) is 21.7. The Balaban J connectivity index is 2.73. The first-order chi connectivity index (χ1) is 10.3. The molecule has 0 aromatic rings. The second-order valence-corrected chi connectivity index (χ2v) is 7.57. The zero-order valence-electron chi connectivity index (χ0n) is 14.5. The molecular weight excluding hydrogens is 304 g/mol. The molecule has 1 unspecified atom stereocenters. The molecule has 2 atom stereocenters. The summed E-state index contributed by atoms with van der Waals surface area (Å²) in [4.78, 5) is 36.4. The third-order valence-electron chi connectivity index (χ3n) is 2.94. The Kier molecular flexibility index (Phi) is 5.50. The predicted molar refractivity (Wildman–Crippen MR) is 82.1 cm³/mol. The molecule has 2 N–H and O–H groups in total. The molecule has 1 aliphatic rings. The summed E-state index contributed by atoms with van der Waals surface area (Å²) in [6.45, 7) is 10.4. The van der Waals surface area contributed by atoms with Crippen LogP contribution in [-0.2, 0) is 14.3 Å². The van der Waals surface area contributed by atoms with E-state index in [0.29, 0.717) is 0 Å². The van der Waals surface area contributed by atoms with Crippen molar-refractivity contribution in [2.24, 2.45) is 0 Å². The van der Waals surface area contributed by atoms with Gasteiger partial charge in [0.25, 0.3) is 0 Å². The molecule has 1 rings (SSSR count). The fourth-order valence-corrected chi connectivity index (χ4v) is 2.17. The predicted octanol–water partition coefficient (Wildman–Crippen LogP) is 1.97. The fraction of sp³-hybridized carbons (Fsp3) is 0.800. The van der Waals surface area contributed by atoms with Gasteiger partial charge in [0, 0.05) is 13.0 Å². The van der Waals surface area contributed by atoms with E-state index in [9.17, 15) is 19.5 Å². The van der Waals surface area contributed by atoms with Crippen molar-refractivity contribution in [2.45, 2.75) is 71.2 Å². The quantitative estimate of drug-likeness (QED) is 0.802. The molecule has 1 fully saturated rings. The lowest BCUT2D eigenvalue weighted by Gasteiger charge is -2.26. The zero-order valence-corrected chi connectivity index (χ0v) is 14.5. The monoisotopic (exact) mass is 330 g/mol. The van der Waals surface area contributed by atoms with Crippen molar-refractivity contribution in [1.82, 2.24) is 10.2 Å². The highest BCUT2D eigenvalue weighted by atomic mass is 16.6. The van der Waals surface area contributed by atoms with E-state index in [4.69, 9.17) is 9.47 Å². The third-order valence-corrected chi connectivity index (χ3v) is 2.94. The molecule has 0 bridgehead atoms. The standard InChI is InChI=1S/C15H26N2O6/c1-14(2,3)22-12(20)16-9-7-10(11(18)19)17(8-9)13(21)23-15(4,5)6/h9-10H,7-8H2,1-6H3,(H,16,20)(H,18,19)/t9?,10-/m0/s1. The molecule has 0 spiro atoms. The average Bonchev–Trinajstić information content (AvgIpc) is 2.67. The molecule has 8 nitrogen and oxygen atoms in total. The Labute approximate surface area is 136 Å². The average molecular weight is 330 g/mol. The maximum Gasteiger partial charge on any atom is 0.411 e. The van der Waals surface area contributed by atoms with Crippen LogP contribution in [0.15, 0.2) is 0 Å². The van der Waals surface area contributed by atoms with Gasteiger partial charge in [-0.2, -0.15) is 0 Å². The number of rotatable bonds is 2. The molecule has 0 aliphatic carbocycles. The van der Waals surface area contributed by atoms with Crippen LogP contribution < -0.4 is 5.32 Å². The summed E-state index contributed by atoms with van der Waals surface area (Å²) in [6.07, 6.45) is -1.25. The first-order valence-electron chi connectivity index (χ1n) is 7.50. The third kappa shape index (κ3) is 6.33. The van der Waals surface area contributed by atoms with Crippen molar-refractivity contribution in [3.8, 4) is 0 Å². The van der Waals surface area contributed by atoms with Gasteiger partial charge in [0.1, 0.15) is 17.2 Å². The molecule has 0 radical (unpaired) electrons. The number of carboxylic acids is 1. The van der Waals surface area contributed by atoms with Gasteiger partial charge in [-0.25, -0.2) is 14.4 Å². The second-order valence-electron chi connectivity index (χ2n) is 7.57. The minimum Gasteiger partial charge on any atom is -0.480 e. The van der Waals surface area contributed by atoms with Crippen LogP contribution in [0.5, 0.6) is 0 Å². The Hall–Kier alpha value is -1.99. The summed E-state index contributed by atoms with van der Waals surface area (Å²) in [6, 6.07) is -1.54. The van der Waals surface area contributed by atoms with E-state index < -0.39 is 41.4 Å². The van der Waals surface area contributed by atoms with Gasteiger partial charge in [-0.15, -0.1) is 0 Å². The number of aliphatic carboxylic acids is 1. The van der Waals surface area contributed by atoms with Crippen LogP contribution in [0.1, 0.15) is 48.0 Å². The zero-order chi connectivity index (χ0) is 18.0. The first-order valence-corrected chi connectivity index (χ1v) is 7.50. The van der Waals surface area contributed by atoms with E-state index in [1.165, 1.54) is 0 Å². The highest BCUT2D eigenvalue weighted by Gasteiger charge is 2.42. The number of amides is 2. The van der Waals surface area contributed by atoms with Crippen molar-refractivity contribution < 1.29 is 29.0 Å². The van der Waals surface area contributed by atoms with Crippen LogP contribution in [0.25, 0.3) is 0 Å². The van der Waals surface area contributed by atoms with Crippen LogP contribution in [0.2, 0.25) is 0 Å². The van der Waals surface area contributed by atoms with E-state index in [0.717, 1.165) is 4.90 Å². The number of alkyl carbamates (subject to hydrolysis) is 1. The van der Waals surface area contributed by atoms with Crippen molar-refractivity contribution in [3.05, 3.63) is 0 Å². The molecule has 1 aliphatic heterocycles. The number of hydrogen-bond donors (Lipinski definition) is 2. The van der Waals surface area contributed by atoms with Gasteiger partial charge in [0.15, 0.2) is 0 Å². The van der Waals surface area contributed by atoms with E-state index in [1.807, 2.05) is 0 Å². The summed E-state index contributed by atoms with van der Waals surface area (Å²) >= 11 is 0. The number of ether oxygens (including phenoxy) is 2. The Bertz CT molecular complexity index is 477. The number of hydrogen-bond acceptors (Lipinski definition) is 5.